The summed E-state index contributed by atoms with van der Waals surface area (Å²) in [5.74, 6) is 0.758. The summed E-state index contributed by atoms with van der Waals surface area (Å²) in [6, 6.07) is 17.8. The van der Waals surface area contributed by atoms with Crippen molar-refractivity contribution in [1.29, 1.82) is 0 Å². The summed E-state index contributed by atoms with van der Waals surface area (Å²) in [7, 11) is 0. The Bertz CT molecular complexity index is 508. The van der Waals surface area contributed by atoms with Crippen LogP contribution in [0.4, 0.5) is 0 Å². The van der Waals surface area contributed by atoms with Gasteiger partial charge in [0.05, 0.1) is 6.10 Å². The molecular formula is C17H20O2. The maximum atomic E-state index is 10.0. The van der Waals surface area contributed by atoms with Crippen LogP contribution in [0.1, 0.15) is 43.6 Å². The van der Waals surface area contributed by atoms with Crippen LogP contribution >= 0.6 is 0 Å². The zero-order valence-corrected chi connectivity index (χ0v) is 11.4. The van der Waals surface area contributed by atoms with E-state index in [1.54, 1.807) is 0 Å². The van der Waals surface area contributed by atoms with Crippen molar-refractivity contribution in [2.75, 3.05) is 0 Å². The Morgan fingerprint density at radius 1 is 1.00 bits per heavy atom. The molecule has 0 amide bonds. The first-order valence-electron chi connectivity index (χ1n) is 6.71. The minimum absolute atomic E-state index is 0.0357. The van der Waals surface area contributed by atoms with E-state index in [2.05, 4.69) is 0 Å². The van der Waals surface area contributed by atoms with Crippen LogP contribution in [-0.2, 0) is 0 Å². The molecule has 0 heterocycles. The molecule has 2 rings (SSSR count). The third-order valence-corrected chi connectivity index (χ3v) is 3.24. The average molecular weight is 256 g/mol. The van der Waals surface area contributed by atoms with E-state index < -0.39 is 6.10 Å². The Hall–Kier alpha value is -1.80. The molecule has 0 spiro atoms. The molecule has 0 fully saturated rings. The van der Waals surface area contributed by atoms with E-state index in [-0.39, 0.29) is 6.10 Å². The summed E-state index contributed by atoms with van der Waals surface area (Å²) in [5.41, 5.74) is 1.98. The minimum atomic E-state index is -0.473. The molecule has 1 N–H and O–H groups in total. The largest absolute Gasteiger partial charge is 0.486 e. The molecule has 0 aliphatic heterocycles. The average Bonchev–Trinajstić information content (AvgIpc) is 2.48. The van der Waals surface area contributed by atoms with E-state index in [4.69, 9.17) is 4.74 Å². The van der Waals surface area contributed by atoms with Gasteiger partial charge < -0.3 is 9.84 Å². The molecule has 2 nitrogen and oxygen atoms in total. The van der Waals surface area contributed by atoms with Gasteiger partial charge in [-0.2, -0.15) is 0 Å². The van der Waals surface area contributed by atoms with Crippen molar-refractivity contribution in [2.24, 2.45) is 0 Å². The molecular weight excluding hydrogens is 236 g/mol. The second-order valence-electron chi connectivity index (χ2n) is 4.63. The first-order valence-corrected chi connectivity index (χ1v) is 6.71. The third kappa shape index (κ3) is 3.36. The molecule has 0 saturated carbocycles. The zero-order chi connectivity index (χ0) is 13.7. The second-order valence-corrected chi connectivity index (χ2v) is 4.63. The highest BCUT2D eigenvalue weighted by molar-refractivity contribution is 5.35. The van der Waals surface area contributed by atoms with Gasteiger partial charge in [0, 0.05) is 5.56 Å². The number of para-hydroxylation sites is 1. The normalized spacial score (nSPS) is 13.8. The van der Waals surface area contributed by atoms with Crippen molar-refractivity contribution in [3.63, 3.8) is 0 Å². The number of aliphatic hydroxyl groups is 1. The maximum Gasteiger partial charge on any atom is 0.126 e. The standard InChI is InChI=1S/C17H20O2/c1-3-16(18)15-11-7-8-12-17(15)19-13(2)14-9-5-4-6-10-14/h4-13,16,18H,3H2,1-2H3/t13-,16-/m0/s1. The predicted molar refractivity (Wildman–Crippen MR) is 77.2 cm³/mol. The topological polar surface area (TPSA) is 29.5 Å². The predicted octanol–water partition coefficient (Wildman–Crippen LogP) is 4.27. The van der Waals surface area contributed by atoms with E-state index in [1.807, 2.05) is 68.4 Å². The van der Waals surface area contributed by atoms with E-state index in [0.29, 0.717) is 6.42 Å². The van der Waals surface area contributed by atoms with Gasteiger partial charge in [0.25, 0.3) is 0 Å². The van der Waals surface area contributed by atoms with Crippen molar-refractivity contribution in [3.8, 4) is 5.75 Å². The van der Waals surface area contributed by atoms with Gasteiger partial charge in [0.15, 0.2) is 0 Å². The Balaban J connectivity index is 2.19. The molecule has 0 aromatic heterocycles. The lowest BCUT2D eigenvalue weighted by Crippen LogP contribution is -2.06. The van der Waals surface area contributed by atoms with E-state index in [9.17, 15) is 5.11 Å². The smallest absolute Gasteiger partial charge is 0.126 e. The number of ether oxygens (including phenoxy) is 1. The van der Waals surface area contributed by atoms with Gasteiger partial charge in [0.2, 0.25) is 0 Å². The first kappa shape index (κ1) is 13.6. The van der Waals surface area contributed by atoms with Gasteiger partial charge in [-0.3, -0.25) is 0 Å². The lowest BCUT2D eigenvalue weighted by molar-refractivity contribution is 0.159. The summed E-state index contributed by atoms with van der Waals surface area (Å²) in [4.78, 5) is 0. The van der Waals surface area contributed by atoms with Crippen molar-refractivity contribution < 1.29 is 9.84 Å². The number of hydrogen-bond donors (Lipinski definition) is 1. The van der Waals surface area contributed by atoms with Crippen molar-refractivity contribution >= 4 is 0 Å². The molecule has 0 aliphatic carbocycles. The number of benzene rings is 2. The quantitative estimate of drug-likeness (QED) is 0.865. The van der Waals surface area contributed by atoms with Crippen molar-refractivity contribution in [3.05, 3.63) is 65.7 Å². The van der Waals surface area contributed by atoms with Gasteiger partial charge in [-0.15, -0.1) is 0 Å². The van der Waals surface area contributed by atoms with Crippen molar-refractivity contribution in [2.45, 2.75) is 32.5 Å². The van der Waals surface area contributed by atoms with Gasteiger partial charge >= 0.3 is 0 Å². The molecule has 2 aromatic carbocycles. The molecule has 2 heteroatoms. The molecule has 0 unspecified atom stereocenters. The molecule has 100 valence electrons. The molecule has 19 heavy (non-hydrogen) atoms. The molecule has 2 atom stereocenters. The SMILES string of the molecule is CC[C@H](O)c1ccccc1O[C@@H](C)c1ccccc1. The van der Waals surface area contributed by atoms with Crippen LogP contribution in [0, 0.1) is 0 Å². The minimum Gasteiger partial charge on any atom is -0.486 e. The van der Waals surface area contributed by atoms with Crippen molar-refractivity contribution in [1.82, 2.24) is 0 Å². The maximum absolute atomic E-state index is 10.0. The molecule has 0 radical (unpaired) electrons. The fraction of sp³-hybridized carbons (Fsp3) is 0.294. The van der Waals surface area contributed by atoms with E-state index in [1.165, 1.54) is 0 Å². The number of aliphatic hydroxyl groups excluding tert-OH is 1. The highest BCUT2D eigenvalue weighted by Crippen LogP contribution is 2.30. The molecule has 0 bridgehead atoms. The lowest BCUT2D eigenvalue weighted by Gasteiger charge is -2.19. The second kappa shape index (κ2) is 6.39. The highest BCUT2D eigenvalue weighted by atomic mass is 16.5. The van der Waals surface area contributed by atoms with E-state index >= 15 is 0 Å². The monoisotopic (exact) mass is 256 g/mol. The summed E-state index contributed by atoms with van der Waals surface area (Å²) in [6.45, 7) is 3.98. The van der Waals surface area contributed by atoms with Gasteiger partial charge in [-0.1, -0.05) is 55.5 Å². The van der Waals surface area contributed by atoms with Crippen LogP contribution in [0.5, 0.6) is 5.75 Å². The first-order chi connectivity index (χ1) is 9.22. The zero-order valence-electron chi connectivity index (χ0n) is 11.4. The van der Waals surface area contributed by atoms with Crippen LogP contribution in [0.2, 0.25) is 0 Å². The Morgan fingerprint density at radius 3 is 2.32 bits per heavy atom. The summed E-state index contributed by atoms with van der Waals surface area (Å²) < 4.78 is 5.99. The Morgan fingerprint density at radius 2 is 1.63 bits per heavy atom. The van der Waals surface area contributed by atoms with E-state index in [0.717, 1.165) is 16.9 Å². The molecule has 0 saturated heterocycles. The third-order valence-electron chi connectivity index (χ3n) is 3.24. The highest BCUT2D eigenvalue weighted by Gasteiger charge is 2.14. The fourth-order valence-electron chi connectivity index (χ4n) is 2.07. The molecule has 2 aromatic rings. The number of hydrogen-bond acceptors (Lipinski definition) is 2. The van der Waals surface area contributed by atoms with Gasteiger partial charge in [-0.05, 0) is 25.0 Å². The fourth-order valence-corrected chi connectivity index (χ4v) is 2.07. The van der Waals surface area contributed by atoms with Crippen LogP contribution < -0.4 is 4.74 Å². The van der Waals surface area contributed by atoms with Gasteiger partial charge in [0.1, 0.15) is 11.9 Å². The number of rotatable bonds is 5. The van der Waals surface area contributed by atoms with Crippen LogP contribution in [0.25, 0.3) is 0 Å². The Labute approximate surface area is 114 Å². The van der Waals surface area contributed by atoms with Gasteiger partial charge in [-0.25, -0.2) is 0 Å². The van der Waals surface area contributed by atoms with Crippen LogP contribution in [0.3, 0.4) is 0 Å². The lowest BCUT2D eigenvalue weighted by atomic mass is 10.1. The van der Waals surface area contributed by atoms with Crippen LogP contribution in [-0.4, -0.2) is 5.11 Å². The summed E-state index contributed by atoms with van der Waals surface area (Å²) in [5, 5.41) is 10.0. The summed E-state index contributed by atoms with van der Waals surface area (Å²) >= 11 is 0. The summed E-state index contributed by atoms with van der Waals surface area (Å²) in [6.07, 6.45) is 0.172. The van der Waals surface area contributed by atoms with Crippen LogP contribution in [0.15, 0.2) is 54.6 Å². The molecule has 0 aliphatic rings. The Kier molecular flexibility index (Phi) is 4.58.